The quantitative estimate of drug-likeness (QED) is 0.826. The molecule has 1 aromatic rings. The van der Waals surface area contributed by atoms with Crippen molar-refractivity contribution in [3.05, 3.63) is 35.6 Å². The van der Waals surface area contributed by atoms with E-state index in [2.05, 4.69) is 21.2 Å². The molecule has 1 aromatic carbocycles. The molecule has 0 aromatic heterocycles. The van der Waals surface area contributed by atoms with Crippen LogP contribution in [0.4, 0.5) is 4.39 Å². The molecule has 0 aliphatic heterocycles. The van der Waals surface area contributed by atoms with Crippen LogP contribution in [0.15, 0.2) is 24.3 Å². The minimum absolute atomic E-state index is 0.0923. The van der Waals surface area contributed by atoms with Crippen LogP contribution in [0.1, 0.15) is 24.8 Å². The van der Waals surface area contributed by atoms with Crippen molar-refractivity contribution in [3.8, 4) is 0 Å². The second-order valence-electron chi connectivity index (χ2n) is 5.18. The Kier molecular flexibility index (Phi) is 5.37. The molecule has 1 N–H and O–H groups in total. The van der Waals surface area contributed by atoms with Crippen LogP contribution < -0.4 is 5.32 Å². The number of alkyl halides is 1. The first-order valence-corrected chi connectivity index (χ1v) is 7.89. The van der Waals surface area contributed by atoms with Gasteiger partial charge in [0.05, 0.1) is 6.42 Å². The lowest BCUT2D eigenvalue weighted by molar-refractivity contribution is -0.120. The van der Waals surface area contributed by atoms with Crippen LogP contribution in [0.2, 0.25) is 0 Å². The van der Waals surface area contributed by atoms with Gasteiger partial charge in [0.15, 0.2) is 0 Å². The topological polar surface area (TPSA) is 29.1 Å². The number of halogens is 2. The summed E-state index contributed by atoms with van der Waals surface area (Å²) in [6.45, 7) is 0.712. The van der Waals surface area contributed by atoms with Gasteiger partial charge in [0.2, 0.25) is 5.91 Å². The standard InChI is InChI=1S/C15H19BrFNO/c16-9-12-5-3-6-13(12)10-18-15(19)8-11-4-1-2-7-14(11)17/h1-2,4,7,12-13H,3,5-6,8-10H2,(H,18,19). The summed E-state index contributed by atoms with van der Waals surface area (Å²) in [4.78, 5) is 11.8. The summed E-state index contributed by atoms with van der Waals surface area (Å²) in [5.74, 6) is 0.819. The number of carbonyl (C=O) groups is 1. The van der Waals surface area contributed by atoms with Gasteiger partial charge < -0.3 is 5.32 Å². The molecule has 0 saturated heterocycles. The average Bonchev–Trinajstić information content (AvgIpc) is 2.86. The Morgan fingerprint density at radius 1 is 1.32 bits per heavy atom. The molecule has 0 heterocycles. The van der Waals surface area contributed by atoms with Crippen LogP contribution in [0, 0.1) is 17.7 Å². The van der Waals surface area contributed by atoms with E-state index in [1.54, 1.807) is 18.2 Å². The summed E-state index contributed by atoms with van der Waals surface area (Å²) >= 11 is 3.52. The molecule has 1 saturated carbocycles. The SMILES string of the molecule is O=C(Cc1ccccc1F)NCC1CCCC1CBr. The van der Waals surface area contributed by atoms with Crippen LogP contribution >= 0.6 is 15.9 Å². The Balaban J connectivity index is 1.80. The largest absolute Gasteiger partial charge is 0.356 e. The van der Waals surface area contributed by atoms with Crippen LogP contribution in [0.5, 0.6) is 0 Å². The lowest BCUT2D eigenvalue weighted by atomic mass is 9.98. The fraction of sp³-hybridized carbons (Fsp3) is 0.533. The highest BCUT2D eigenvalue weighted by atomic mass is 79.9. The summed E-state index contributed by atoms with van der Waals surface area (Å²) in [5.41, 5.74) is 0.462. The van der Waals surface area contributed by atoms with Gasteiger partial charge in [-0.25, -0.2) is 4.39 Å². The predicted octanol–water partition coefficient (Wildman–Crippen LogP) is 3.30. The molecule has 0 bridgehead atoms. The van der Waals surface area contributed by atoms with Gasteiger partial charge in [-0.3, -0.25) is 4.79 Å². The van der Waals surface area contributed by atoms with Gasteiger partial charge in [-0.2, -0.15) is 0 Å². The lowest BCUT2D eigenvalue weighted by Crippen LogP contribution is -2.32. The molecule has 19 heavy (non-hydrogen) atoms. The van der Waals surface area contributed by atoms with Crippen molar-refractivity contribution in [2.24, 2.45) is 11.8 Å². The first-order chi connectivity index (χ1) is 9.20. The summed E-state index contributed by atoms with van der Waals surface area (Å²) in [6, 6.07) is 6.44. The second kappa shape index (κ2) is 7.04. The number of benzene rings is 1. The molecule has 2 atom stereocenters. The van der Waals surface area contributed by atoms with Crippen LogP contribution in [0.25, 0.3) is 0 Å². The van der Waals surface area contributed by atoms with Crippen LogP contribution in [0.3, 0.4) is 0 Å². The Labute approximate surface area is 121 Å². The van der Waals surface area contributed by atoms with Crippen molar-refractivity contribution in [1.82, 2.24) is 5.32 Å². The van der Waals surface area contributed by atoms with Gasteiger partial charge in [-0.05, 0) is 36.3 Å². The molecule has 0 spiro atoms. The molecule has 1 amide bonds. The van der Waals surface area contributed by atoms with Crippen molar-refractivity contribution < 1.29 is 9.18 Å². The zero-order valence-electron chi connectivity index (χ0n) is 10.9. The Morgan fingerprint density at radius 2 is 2.05 bits per heavy atom. The van der Waals surface area contributed by atoms with E-state index >= 15 is 0 Å². The van der Waals surface area contributed by atoms with Gasteiger partial charge in [0, 0.05) is 11.9 Å². The highest BCUT2D eigenvalue weighted by Gasteiger charge is 2.26. The molecule has 4 heteroatoms. The van der Waals surface area contributed by atoms with Gasteiger partial charge >= 0.3 is 0 Å². The fourth-order valence-corrected chi connectivity index (χ4v) is 3.56. The monoisotopic (exact) mass is 327 g/mol. The molecule has 1 aliphatic carbocycles. The molecule has 2 rings (SSSR count). The maximum absolute atomic E-state index is 13.4. The van der Waals surface area contributed by atoms with Gasteiger partial charge in [-0.1, -0.05) is 40.5 Å². The third-order valence-corrected chi connectivity index (χ3v) is 4.72. The number of hydrogen-bond donors (Lipinski definition) is 1. The van der Waals surface area contributed by atoms with Crippen molar-refractivity contribution in [2.45, 2.75) is 25.7 Å². The highest BCUT2D eigenvalue weighted by Crippen LogP contribution is 2.32. The fourth-order valence-electron chi connectivity index (χ4n) is 2.71. The summed E-state index contributed by atoms with van der Waals surface area (Å²) in [6.07, 6.45) is 3.78. The second-order valence-corrected chi connectivity index (χ2v) is 5.83. The summed E-state index contributed by atoms with van der Waals surface area (Å²) < 4.78 is 13.4. The molecular weight excluding hydrogens is 309 g/mol. The number of nitrogens with one attached hydrogen (secondary N) is 1. The number of carbonyl (C=O) groups excluding carboxylic acids is 1. The predicted molar refractivity (Wildman–Crippen MR) is 77.7 cm³/mol. The smallest absolute Gasteiger partial charge is 0.224 e. The van der Waals surface area contributed by atoms with E-state index in [1.807, 2.05) is 0 Å². The normalized spacial score (nSPS) is 22.4. The molecular formula is C15H19BrFNO. The van der Waals surface area contributed by atoms with Gasteiger partial charge in [0.1, 0.15) is 5.82 Å². The minimum Gasteiger partial charge on any atom is -0.356 e. The average molecular weight is 328 g/mol. The first-order valence-electron chi connectivity index (χ1n) is 6.76. The van der Waals surface area contributed by atoms with Crippen molar-refractivity contribution in [1.29, 1.82) is 0 Å². The third kappa shape index (κ3) is 4.03. The molecule has 1 aliphatic rings. The first kappa shape index (κ1) is 14.5. The Bertz CT molecular complexity index is 438. The van der Waals surface area contributed by atoms with E-state index in [9.17, 15) is 9.18 Å². The number of amides is 1. The summed E-state index contributed by atoms with van der Waals surface area (Å²) in [7, 11) is 0. The van der Waals surface area contributed by atoms with Crippen molar-refractivity contribution in [3.63, 3.8) is 0 Å². The third-order valence-electron chi connectivity index (χ3n) is 3.88. The zero-order chi connectivity index (χ0) is 13.7. The Morgan fingerprint density at radius 3 is 2.79 bits per heavy atom. The van der Waals surface area contributed by atoms with E-state index in [-0.39, 0.29) is 18.1 Å². The van der Waals surface area contributed by atoms with Gasteiger partial charge in [-0.15, -0.1) is 0 Å². The van der Waals surface area contributed by atoms with E-state index in [1.165, 1.54) is 25.3 Å². The molecule has 104 valence electrons. The molecule has 1 fully saturated rings. The Hall–Kier alpha value is -0.900. The van der Waals surface area contributed by atoms with E-state index in [4.69, 9.17) is 0 Å². The minimum atomic E-state index is -0.308. The lowest BCUT2D eigenvalue weighted by Gasteiger charge is -2.17. The van der Waals surface area contributed by atoms with Gasteiger partial charge in [0.25, 0.3) is 0 Å². The van der Waals surface area contributed by atoms with Crippen molar-refractivity contribution in [2.75, 3.05) is 11.9 Å². The van der Waals surface area contributed by atoms with Crippen molar-refractivity contribution >= 4 is 21.8 Å². The molecule has 2 nitrogen and oxygen atoms in total. The maximum atomic E-state index is 13.4. The number of rotatable bonds is 5. The summed E-state index contributed by atoms with van der Waals surface area (Å²) in [5, 5.41) is 3.94. The highest BCUT2D eigenvalue weighted by molar-refractivity contribution is 9.09. The maximum Gasteiger partial charge on any atom is 0.224 e. The van der Waals surface area contributed by atoms with E-state index < -0.39 is 0 Å². The molecule has 2 unspecified atom stereocenters. The number of hydrogen-bond acceptors (Lipinski definition) is 1. The van der Waals surface area contributed by atoms with Crippen LogP contribution in [-0.4, -0.2) is 17.8 Å². The molecule has 0 radical (unpaired) electrons. The van der Waals surface area contributed by atoms with E-state index in [0.717, 1.165) is 5.33 Å². The van der Waals surface area contributed by atoms with Crippen LogP contribution in [-0.2, 0) is 11.2 Å². The van der Waals surface area contributed by atoms with E-state index in [0.29, 0.717) is 23.9 Å². The zero-order valence-corrected chi connectivity index (χ0v) is 12.5.